The Balaban J connectivity index is 2.28. The zero-order valence-corrected chi connectivity index (χ0v) is 10.0. The minimum absolute atomic E-state index is 0.103. The van der Waals surface area contributed by atoms with E-state index in [0.717, 1.165) is 0 Å². The first kappa shape index (κ1) is 12.5. The van der Waals surface area contributed by atoms with Gasteiger partial charge in [0, 0.05) is 6.20 Å². The molecule has 0 amide bonds. The van der Waals surface area contributed by atoms with E-state index in [-0.39, 0.29) is 11.4 Å². The molecule has 0 atom stereocenters. The van der Waals surface area contributed by atoms with Crippen molar-refractivity contribution in [3.8, 4) is 17.7 Å². The van der Waals surface area contributed by atoms with E-state index in [2.05, 4.69) is 14.7 Å². The molecule has 2 aromatic rings. The molecule has 0 unspecified atom stereocenters. The lowest BCUT2D eigenvalue weighted by Gasteiger charge is -2.07. The Labute approximate surface area is 109 Å². The van der Waals surface area contributed by atoms with Crippen LogP contribution in [0.1, 0.15) is 15.9 Å². The van der Waals surface area contributed by atoms with Gasteiger partial charge in [-0.05, 0) is 24.3 Å². The monoisotopic (exact) mass is 255 g/mol. The predicted octanol–water partition coefficient (Wildman–Crippen LogP) is 1.93. The van der Waals surface area contributed by atoms with Crippen LogP contribution in [0.15, 0.2) is 36.8 Å². The molecule has 0 saturated carbocycles. The molecule has 0 bridgehead atoms. The molecular weight excluding hydrogens is 246 g/mol. The largest absolute Gasteiger partial charge is 0.465 e. The van der Waals surface area contributed by atoms with Gasteiger partial charge < -0.3 is 9.47 Å². The lowest BCUT2D eigenvalue weighted by Crippen LogP contribution is -2.05. The molecule has 1 heterocycles. The van der Waals surface area contributed by atoms with Crippen LogP contribution in [0.5, 0.6) is 11.6 Å². The molecule has 0 aliphatic rings. The molecule has 0 fully saturated rings. The van der Waals surface area contributed by atoms with Gasteiger partial charge in [0.1, 0.15) is 17.6 Å². The highest BCUT2D eigenvalue weighted by Gasteiger charge is 2.15. The van der Waals surface area contributed by atoms with Gasteiger partial charge in [-0.15, -0.1) is 0 Å². The molecule has 0 saturated heterocycles. The highest BCUT2D eigenvalue weighted by molar-refractivity contribution is 5.91. The number of esters is 1. The molecular formula is C13H9N3O3. The predicted molar refractivity (Wildman–Crippen MR) is 64.6 cm³/mol. The van der Waals surface area contributed by atoms with E-state index in [0.29, 0.717) is 11.3 Å². The lowest BCUT2D eigenvalue weighted by molar-refractivity contribution is 0.0596. The van der Waals surface area contributed by atoms with Gasteiger partial charge in [-0.3, -0.25) is 0 Å². The highest BCUT2D eigenvalue weighted by atomic mass is 16.5. The lowest BCUT2D eigenvalue weighted by atomic mass is 10.2. The summed E-state index contributed by atoms with van der Waals surface area (Å²) in [7, 11) is 1.26. The Morgan fingerprint density at radius 2 is 2.05 bits per heavy atom. The van der Waals surface area contributed by atoms with E-state index in [1.807, 2.05) is 6.07 Å². The Hall–Kier alpha value is -2.94. The van der Waals surface area contributed by atoms with E-state index < -0.39 is 5.97 Å². The summed E-state index contributed by atoms with van der Waals surface area (Å²) in [5.41, 5.74) is 0.651. The smallest absolute Gasteiger partial charge is 0.345 e. The number of nitrogens with zero attached hydrogens (tertiary/aromatic N) is 3. The van der Waals surface area contributed by atoms with Crippen molar-refractivity contribution in [2.75, 3.05) is 7.11 Å². The molecule has 0 aliphatic heterocycles. The first-order chi connectivity index (χ1) is 9.24. The third kappa shape index (κ3) is 2.84. The summed E-state index contributed by atoms with van der Waals surface area (Å²) in [6.07, 6.45) is 2.59. The molecule has 6 nitrogen and oxygen atoms in total. The van der Waals surface area contributed by atoms with Gasteiger partial charge in [-0.25, -0.2) is 14.8 Å². The maximum atomic E-state index is 11.5. The van der Waals surface area contributed by atoms with Gasteiger partial charge >= 0.3 is 5.97 Å². The number of aromatic nitrogens is 2. The Morgan fingerprint density at radius 1 is 1.32 bits per heavy atom. The molecule has 2 rings (SSSR count). The minimum Gasteiger partial charge on any atom is -0.465 e. The second-order valence-electron chi connectivity index (χ2n) is 3.47. The van der Waals surface area contributed by atoms with Crippen LogP contribution in [-0.4, -0.2) is 23.0 Å². The van der Waals surface area contributed by atoms with Crippen molar-refractivity contribution in [1.82, 2.24) is 9.97 Å². The minimum atomic E-state index is -0.579. The fraction of sp³-hybridized carbons (Fsp3) is 0.0769. The quantitative estimate of drug-likeness (QED) is 0.779. The number of hydrogen-bond acceptors (Lipinski definition) is 6. The number of carbonyl (C=O) groups excluding carboxylic acids is 1. The van der Waals surface area contributed by atoms with Crippen LogP contribution in [0, 0.1) is 11.3 Å². The normalized spacial score (nSPS) is 9.47. The zero-order valence-electron chi connectivity index (χ0n) is 10.0. The van der Waals surface area contributed by atoms with E-state index >= 15 is 0 Å². The molecule has 0 aliphatic carbocycles. The summed E-state index contributed by atoms with van der Waals surface area (Å²) in [4.78, 5) is 19.1. The third-order valence-corrected chi connectivity index (χ3v) is 2.28. The van der Waals surface area contributed by atoms with Crippen LogP contribution < -0.4 is 4.74 Å². The maximum absolute atomic E-state index is 11.5. The molecule has 0 radical (unpaired) electrons. The summed E-state index contributed by atoms with van der Waals surface area (Å²) in [5.74, 6) is -0.0151. The number of methoxy groups -OCH3 is 1. The number of carbonyl (C=O) groups is 1. The third-order valence-electron chi connectivity index (χ3n) is 2.28. The topological polar surface area (TPSA) is 85.1 Å². The van der Waals surface area contributed by atoms with Crippen molar-refractivity contribution in [3.63, 3.8) is 0 Å². The summed E-state index contributed by atoms with van der Waals surface area (Å²) in [5, 5.41) is 8.69. The average molecular weight is 255 g/mol. The Bertz CT molecular complexity index is 632. The molecule has 94 valence electrons. The first-order valence-corrected chi connectivity index (χ1v) is 5.31. The Morgan fingerprint density at radius 3 is 2.68 bits per heavy atom. The van der Waals surface area contributed by atoms with Crippen LogP contribution in [0.2, 0.25) is 0 Å². The van der Waals surface area contributed by atoms with Gasteiger partial charge in [0.05, 0.1) is 18.7 Å². The van der Waals surface area contributed by atoms with Gasteiger partial charge in [0.25, 0.3) is 0 Å². The van der Waals surface area contributed by atoms with Crippen molar-refractivity contribution in [2.45, 2.75) is 0 Å². The van der Waals surface area contributed by atoms with Gasteiger partial charge in [-0.1, -0.05) is 0 Å². The van der Waals surface area contributed by atoms with Gasteiger partial charge in [0.2, 0.25) is 5.88 Å². The molecule has 1 aromatic heterocycles. The van der Waals surface area contributed by atoms with E-state index in [1.54, 1.807) is 24.3 Å². The van der Waals surface area contributed by atoms with Crippen molar-refractivity contribution < 1.29 is 14.3 Å². The van der Waals surface area contributed by atoms with Gasteiger partial charge in [0.15, 0.2) is 0 Å². The number of ether oxygens (including phenoxy) is 2. The van der Waals surface area contributed by atoms with Crippen molar-refractivity contribution >= 4 is 5.97 Å². The van der Waals surface area contributed by atoms with Crippen LogP contribution >= 0.6 is 0 Å². The summed E-state index contributed by atoms with van der Waals surface area (Å²) in [6, 6.07) is 8.44. The van der Waals surface area contributed by atoms with Crippen LogP contribution in [0.25, 0.3) is 0 Å². The molecule has 0 N–H and O–H groups in total. The van der Waals surface area contributed by atoms with Crippen molar-refractivity contribution in [3.05, 3.63) is 47.9 Å². The number of rotatable bonds is 3. The standard InChI is InChI=1S/C13H9N3O3/c1-18-13(17)11-7-15-8-16-12(11)19-10-4-2-9(6-14)3-5-10/h2-5,7-8H,1H3. The highest BCUT2D eigenvalue weighted by Crippen LogP contribution is 2.22. The molecule has 1 aromatic carbocycles. The van der Waals surface area contributed by atoms with E-state index in [4.69, 9.17) is 10.00 Å². The fourth-order valence-electron chi connectivity index (χ4n) is 1.36. The zero-order chi connectivity index (χ0) is 13.7. The van der Waals surface area contributed by atoms with Gasteiger partial charge in [-0.2, -0.15) is 5.26 Å². The summed E-state index contributed by atoms with van der Waals surface area (Å²) < 4.78 is 10.1. The van der Waals surface area contributed by atoms with Crippen molar-refractivity contribution in [2.24, 2.45) is 0 Å². The van der Waals surface area contributed by atoms with E-state index in [1.165, 1.54) is 19.6 Å². The van der Waals surface area contributed by atoms with Crippen LogP contribution in [0.4, 0.5) is 0 Å². The number of benzene rings is 1. The summed E-state index contributed by atoms with van der Waals surface area (Å²) >= 11 is 0. The maximum Gasteiger partial charge on any atom is 0.345 e. The summed E-state index contributed by atoms with van der Waals surface area (Å²) in [6.45, 7) is 0. The SMILES string of the molecule is COC(=O)c1cncnc1Oc1ccc(C#N)cc1. The molecule has 0 spiro atoms. The average Bonchev–Trinajstić information content (AvgIpc) is 2.48. The second kappa shape index (κ2) is 5.60. The Kier molecular flexibility index (Phi) is 3.69. The van der Waals surface area contributed by atoms with Crippen LogP contribution in [-0.2, 0) is 4.74 Å². The van der Waals surface area contributed by atoms with Crippen molar-refractivity contribution in [1.29, 1.82) is 5.26 Å². The number of nitriles is 1. The second-order valence-corrected chi connectivity index (χ2v) is 3.47. The molecule has 19 heavy (non-hydrogen) atoms. The number of hydrogen-bond donors (Lipinski definition) is 0. The van der Waals surface area contributed by atoms with Crippen LogP contribution in [0.3, 0.4) is 0 Å². The molecule has 6 heteroatoms. The first-order valence-electron chi connectivity index (χ1n) is 5.31. The van der Waals surface area contributed by atoms with E-state index in [9.17, 15) is 4.79 Å². The fourth-order valence-corrected chi connectivity index (χ4v) is 1.36.